The highest BCUT2D eigenvalue weighted by Gasteiger charge is 2.18. The Hall–Kier alpha value is -2.27. The van der Waals surface area contributed by atoms with Crippen molar-refractivity contribution in [2.24, 2.45) is 0 Å². The normalized spacial score (nSPS) is 11.9. The number of hydrogen-bond acceptors (Lipinski definition) is 5. The van der Waals surface area contributed by atoms with Crippen molar-refractivity contribution in [3.63, 3.8) is 0 Å². The lowest BCUT2D eigenvalue weighted by Gasteiger charge is -2.17. The quantitative estimate of drug-likeness (QED) is 0.871. The number of ether oxygens (including phenoxy) is 2. The summed E-state index contributed by atoms with van der Waals surface area (Å²) in [6, 6.07) is 9.04. The molecule has 0 aliphatic rings. The lowest BCUT2D eigenvalue weighted by Crippen LogP contribution is -2.07. The first kappa shape index (κ1) is 14.1. The monoisotopic (exact) mass is 274 g/mol. The van der Waals surface area contributed by atoms with E-state index in [2.05, 4.69) is 4.98 Å². The van der Waals surface area contributed by atoms with Gasteiger partial charge in [-0.1, -0.05) is 18.2 Å². The van der Waals surface area contributed by atoms with Crippen LogP contribution in [0.25, 0.3) is 0 Å². The predicted octanol–water partition coefficient (Wildman–Crippen LogP) is 1.96. The summed E-state index contributed by atoms with van der Waals surface area (Å²) < 4.78 is 10.6. The van der Waals surface area contributed by atoms with Crippen molar-refractivity contribution in [3.05, 3.63) is 47.7 Å². The molecule has 0 aliphatic carbocycles. The van der Waals surface area contributed by atoms with Crippen molar-refractivity contribution in [1.29, 1.82) is 0 Å². The summed E-state index contributed by atoms with van der Waals surface area (Å²) in [4.78, 5) is 4.01. The molecule has 0 fully saturated rings. The number of nitrogen functional groups attached to an aromatic ring is 1. The standard InChI is InChI=1S/C15H18N2O3/c1-19-13-7-3-6-11(14(13)20-2)12(18)9-10-5-4-8-17-15(10)16/h3-8,12,18H,9H2,1-2H3,(H2,16,17). The van der Waals surface area contributed by atoms with Crippen LogP contribution < -0.4 is 15.2 Å². The van der Waals surface area contributed by atoms with E-state index in [0.717, 1.165) is 5.56 Å². The molecular weight excluding hydrogens is 256 g/mol. The number of para-hydroxylation sites is 1. The van der Waals surface area contributed by atoms with E-state index < -0.39 is 6.10 Å². The SMILES string of the molecule is COc1cccc(C(O)Cc2cccnc2N)c1OC. The summed E-state index contributed by atoms with van der Waals surface area (Å²) in [6.07, 6.45) is 1.24. The van der Waals surface area contributed by atoms with Crippen molar-refractivity contribution >= 4 is 5.82 Å². The molecule has 20 heavy (non-hydrogen) atoms. The van der Waals surface area contributed by atoms with Gasteiger partial charge < -0.3 is 20.3 Å². The Morgan fingerprint density at radius 1 is 1.20 bits per heavy atom. The fraction of sp³-hybridized carbons (Fsp3) is 0.267. The molecule has 5 nitrogen and oxygen atoms in total. The molecule has 0 aliphatic heterocycles. The van der Waals surface area contributed by atoms with Crippen LogP contribution in [-0.2, 0) is 6.42 Å². The van der Waals surface area contributed by atoms with Crippen LogP contribution in [0.5, 0.6) is 11.5 Å². The smallest absolute Gasteiger partial charge is 0.166 e. The number of nitrogens with two attached hydrogens (primary N) is 1. The largest absolute Gasteiger partial charge is 0.493 e. The van der Waals surface area contributed by atoms with Gasteiger partial charge in [-0.2, -0.15) is 0 Å². The molecular formula is C15H18N2O3. The number of rotatable bonds is 5. The van der Waals surface area contributed by atoms with Crippen molar-refractivity contribution in [3.8, 4) is 11.5 Å². The van der Waals surface area contributed by atoms with Crippen LogP contribution in [0.15, 0.2) is 36.5 Å². The van der Waals surface area contributed by atoms with E-state index in [1.165, 1.54) is 0 Å². The summed E-state index contributed by atoms with van der Waals surface area (Å²) >= 11 is 0. The molecule has 2 aromatic rings. The molecule has 3 N–H and O–H groups in total. The van der Waals surface area contributed by atoms with Gasteiger partial charge >= 0.3 is 0 Å². The molecule has 0 saturated carbocycles. The Morgan fingerprint density at radius 2 is 2.00 bits per heavy atom. The molecule has 1 aromatic carbocycles. The van der Waals surface area contributed by atoms with E-state index >= 15 is 0 Å². The van der Waals surface area contributed by atoms with Gasteiger partial charge in [0.2, 0.25) is 0 Å². The van der Waals surface area contributed by atoms with E-state index in [1.807, 2.05) is 12.1 Å². The number of benzene rings is 1. The topological polar surface area (TPSA) is 77.6 Å². The first-order valence-electron chi connectivity index (χ1n) is 6.25. The number of aliphatic hydroxyl groups excluding tert-OH is 1. The van der Waals surface area contributed by atoms with Crippen molar-refractivity contribution in [1.82, 2.24) is 4.98 Å². The minimum absolute atomic E-state index is 0.364. The fourth-order valence-electron chi connectivity index (χ4n) is 2.12. The van der Waals surface area contributed by atoms with Crippen LogP contribution in [0.1, 0.15) is 17.2 Å². The zero-order valence-corrected chi connectivity index (χ0v) is 11.5. The van der Waals surface area contributed by atoms with Gasteiger partial charge in [-0.15, -0.1) is 0 Å². The van der Waals surface area contributed by atoms with E-state index in [-0.39, 0.29) is 0 Å². The van der Waals surface area contributed by atoms with Crippen LogP contribution >= 0.6 is 0 Å². The zero-order valence-electron chi connectivity index (χ0n) is 11.5. The predicted molar refractivity (Wildman–Crippen MR) is 76.9 cm³/mol. The third-order valence-corrected chi connectivity index (χ3v) is 3.13. The van der Waals surface area contributed by atoms with Crippen LogP contribution in [0, 0.1) is 0 Å². The highest BCUT2D eigenvalue weighted by atomic mass is 16.5. The summed E-state index contributed by atoms with van der Waals surface area (Å²) in [5.74, 6) is 1.54. The molecule has 1 unspecified atom stereocenters. The van der Waals surface area contributed by atoms with Gasteiger partial charge in [0, 0.05) is 18.2 Å². The maximum atomic E-state index is 10.4. The van der Waals surface area contributed by atoms with Crippen LogP contribution in [0.3, 0.4) is 0 Å². The van der Waals surface area contributed by atoms with Crippen LogP contribution in [0.4, 0.5) is 5.82 Å². The third-order valence-electron chi connectivity index (χ3n) is 3.13. The Balaban J connectivity index is 2.30. The first-order chi connectivity index (χ1) is 9.67. The van der Waals surface area contributed by atoms with Gasteiger partial charge in [0.25, 0.3) is 0 Å². The second-order valence-corrected chi connectivity index (χ2v) is 4.35. The van der Waals surface area contributed by atoms with Gasteiger partial charge in [0.15, 0.2) is 11.5 Å². The molecule has 0 bridgehead atoms. The Kier molecular flexibility index (Phi) is 4.42. The van der Waals surface area contributed by atoms with E-state index in [1.54, 1.807) is 38.6 Å². The van der Waals surface area contributed by atoms with Gasteiger partial charge in [0.05, 0.1) is 20.3 Å². The third kappa shape index (κ3) is 2.83. The average Bonchev–Trinajstić information content (AvgIpc) is 2.48. The van der Waals surface area contributed by atoms with Crippen LogP contribution in [-0.4, -0.2) is 24.3 Å². The highest BCUT2D eigenvalue weighted by Crippen LogP contribution is 2.35. The van der Waals surface area contributed by atoms with Gasteiger partial charge in [-0.25, -0.2) is 4.98 Å². The zero-order chi connectivity index (χ0) is 14.5. The summed E-state index contributed by atoms with van der Waals surface area (Å²) in [5, 5.41) is 10.4. The fourth-order valence-corrected chi connectivity index (χ4v) is 2.12. The van der Waals surface area contributed by atoms with Gasteiger partial charge in [0.1, 0.15) is 5.82 Å². The summed E-state index contributed by atoms with van der Waals surface area (Å²) in [5.41, 5.74) is 7.25. The number of methoxy groups -OCH3 is 2. The number of pyridine rings is 1. The molecule has 1 atom stereocenters. The van der Waals surface area contributed by atoms with Crippen molar-refractivity contribution in [2.75, 3.05) is 20.0 Å². The Bertz CT molecular complexity index is 587. The second kappa shape index (κ2) is 6.25. The molecule has 1 aromatic heterocycles. The molecule has 5 heteroatoms. The molecule has 0 saturated heterocycles. The summed E-state index contributed by atoms with van der Waals surface area (Å²) in [7, 11) is 3.11. The van der Waals surface area contributed by atoms with E-state index in [9.17, 15) is 5.11 Å². The Labute approximate surface area is 118 Å². The van der Waals surface area contributed by atoms with Gasteiger partial charge in [-0.3, -0.25) is 0 Å². The van der Waals surface area contributed by atoms with E-state index in [4.69, 9.17) is 15.2 Å². The number of hydrogen-bond donors (Lipinski definition) is 2. The maximum Gasteiger partial charge on any atom is 0.166 e. The summed E-state index contributed by atoms with van der Waals surface area (Å²) in [6.45, 7) is 0. The Morgan fingerprint density at radius 3 is 2.65 bits per heavy atom. The number of aromatic nitrogens is 1. The highest BCUT2D eigenvalue weighted by molar-refractivity contribution is 5.48. The lowest BCUT2D eigenvalue weighted by atomic mass is 10.0. The molecule has 2 rings (SSSR count). The maximum absolute atomic E-state index is 10.4. The second-order valence-electron chi connectivity index (χ2n) is 4.35. The van der Waals surface area contributed by atoms with Crippen molar-refractivity contribution in [2.45, 2.75) is 12.5 Å². The van der Waals surface area contributed by atoms with Crippen LogP contribution in [0.2, 0.25) is 0 Å². The minimum Gasteiger partial charge on any atom is -0.493 e. The molecule has 0 radical (unpaired) electrons. The molecule has 1 heterocycles. The molecule has 106 valence electrons. The number of anilines is 1. The molecule has 0 spiro atoms. The first-order valence-corrected chi connectivity index (χ1v) is 6.25. The average molecular weight is 274 g/mol. The van der Waals surface area contributed by atoms with Gasteiger partial charge in [-0.05, 0) is 17.7 Å². The van der Waals surface area contributed by atoms with Crippen molar-refractivity contribution < 1.29 is 14.6 Å². The number of aliphatic hydroxyl groups is 1. The lowest BCUT2D eigenvalue weighted by molar-refractivity contribution is 0.173. The number of nitrogens with zero attached hydrogens (tertiary/aromatic N) is 1. The minimum atomic E-state index is -0.744. The van der Waals surface area contributed by atoms with E-state index in [0.29, 0.717) is 29.3 Å². The molecule has 0 amide bonds.